The fourth-order valence-corrected chi connectivity index (χ4v) is 1.42. The Morgan fingerprint density at radius 3 is 2.83 bits per heavy atom. The Kier molecular flexibility index (Phi) is 1.70. The summed E-state index contributed by atoms with van der Waals surface area (Å²) in [7, 11) is 0. The van der Waals surface area contributed by atoms with Crippen LogP contribution >= 0.6 is 23.2 Å². The molecule has 0 N–H and O–H groups in total. The number of hydrogen-bond acceptors (Lipinski definition) is 3. The maximum Gasteiger partial charge on any atom is 0.224 e. The van der Waals surface area contributed by atoms with Crippen LogP contribution in [0.25, 0.3) is 11.1 Å². The Bertz CT molecular complexity index is 438. The molecule has 2 rings (SSSR count). The Morgan fingerprint density at radius 2 is 2.08 bits per heavy atom. The molecule has 2 aromatic rings. The highest BCUT2D eigenvalue weighted by molar-refractivity contribution is 6.35. The highest BCUT2D eigenvalue weighted by Crippen LogP contribution is 2.24. The van der Waals surface area contributed by atoms with Crippen molar-refractivity contribution in [2.75, 3.05) is 0 Å². The lowest BCUT2D eigenvalue weighted by Gasteiger charge is -1.91. The highest BCUT2D eigenvalue weighted by atomic mass is 35.5. The average Bonchev–Trinajstić information content (AvgIpc) is 2.29. The maximum atomic E-state index is 5.75. The largest absolute Gasteiger partial charge is 0.456 e. The molecular formula is C7H4Cl2N2O. The summed E-state index contributed by atoms with van der Waals surface area (Å²) >= 11 is 11.3. The molecule has 0 atom stereocenters. The zero-order valence-electron chi connectivity index (χ0n) is 6.14. The van der Waals surface area contributed by atoms with Crippen LogP contribution in [0.5, 0.6) is 0 Å². The van der Waals surface area contributed by atoms with Gasteiger partial charge in [0.1, 0.15) is 11.3 Å². The van der Waals surface area contributed by atoms with E-state index in [0.29, 0.717) is 11.1 Å². The van der Waals surface area contributed by atoms with Crippen molar-refractivity contribution >= 4 is 34.3 Å². The van der Waals surface area contributed by atoms with E-state index in [1.165, 1.54) is 0 Å². The van der Waals surface area contributed by atoms with Crippen LogP contribution in [0, 0.1) is 6.92 Å². The van der Waals surface area contributed by atoms with E-state index in [9.17, 15) is 0 Å². The molecule has 0 aliphatic carbocycles. The van der Waals surface area contributed by atoms with Gasteiger partial charge in [-0.05, 0) is 18.5 Å². The molecule has 2 heterocycles. The molecule has 0 saturated carbocycles. The molecule has 0 amide bonds. The van der Waals surface area contributed by atoms with Crippen molar-refractivity contribution in [3.63, 3.8) is 0 Å². The van der Waals surface area contributed by atoms with Crippen LogP contribution in [0.15, 0.2) is 10.5 Å². The minimum absolute atomic E-state index is 0.133. The third-order valence-electron chi connectivity index (χ3n) is 1.43. The summed E-state index contributed by atoms with van der Waals surface area (Å²) in [5, 5.41) is 0.381. The van der Waals surface area contributed by atoms with Gasteiger partial charge in [0.25, 0.3) is 0 Å². The van der Waals surface area contributed by atoms with Gasteiger partial charge in [-0.3, -0.25) is 0 Å². The van der Waals surface area contributed by atoms with Gasteiger partial charge < -0.3 is 4.42 Å². The highest BCUT2D eigenvalue weighted by Gasteiger charge is 2.08. The van der Waals surface area contributed by atoms with Crippen molar-refractivity contribution in [1.29, 1.82) is 0 Å². The number of halogens is 2. The first-order valence-electron chi connectivity index (χ1n) is 3.26. The summed E-state index contributed by atoms with van der Waals surface area (Å²) in [6.45, 7) is 1.81. The summed E-state index contributed by atoms with van der Waals surface area (Å²) in [6.07, 6.45) is 0. The molecular weight excluding hydrogens is 199 g/mol. The van der Waals surface area contributed by atoms with Gasteiger partial charge in [-0.25, -0.2) is 9.97 Å². The van der Waals surface area contributed by atoms with Crippen LogP contribution in [0.1, 0.15) is 5.76 Å². The molecule has 0 fully saturated rings. The zero-order chi connectivity index (χ0) is 8.72. The second-order valence-electron chi connectivity index (χ2n) is 2.35. The Labute approximate surface area is 78.3 Å². The molecule has 0 aliphatic rings. The Morgan fingerprint density at radius 1 is 1.33 bits per heavy atom. The third kappa shape index (κ3) is 1.15. The van der Waals surface area contributed by atoms with Gasteiger partial charge in [-0.1, -0.05) is 11.6 Å². The number of hydrogen-bond donors (Lipinski definition) is 0. The summed E-state index contributed by atoms with van der Waals surface area (Å²) < 4.78 is 5.24. The molecule has 0 spiro atoms. The van der Waals surface area contributed by atoms with Crippen molar-refractivity contribution in [2.45, 2.75) is 6.92 Å². The molecule has 3 nitrogen and oxygen atoms in total. The van der Waals surface area contributed by atoms with E-state index in [1.807, 2.05) is 6.92 Å². The fourth-order valence-electron chi connectivity index (χ4n) is 0.988. The molecule has 0 aromatic carbocycles. The second kappa shape index (κ2) is 2.61. The number of nitrogens with zero attached hydrogens (tertiary/aromatic N) is 2. The van der Waals surface area contributed by atoms with E-state index in [2.05, 4.69) is 9.97 Å². The number of aryl methyl sites for hydroxylation is 1. The maximum absolute atomic E-state index is 5.75. The van der Waals surface area contributed by atoms with Crippen molar-refractivity contribution < 1.29 is 4.42 Å². The SMILES string of the molecule is Cc1cc2nc(Cl)nc(Cl)c2o1. The smallest absolute Gasteiger partial charge is 0.224 e. The standard InChI is InChI=1S/C7H4Cl2N2O/c1-3-2-4-5(12-3)6(8)11-7(9)10-4/h2H,1H3. The first kappa shape index (κ1) is 7.83. The number of rotatable bonds is 0. The Hall–Kier alpha value is -0.800. The van der Waals surface area contributed by atoms with E-state index in [0.717, 1.165) is 5.76 Å². The number of aromatic nitrogens is 2. The van der Waals surface area contributed by atoms with Gasteiger partial charge in [0.05, 0.1) is 0 Å². The summed E-state index contributed by atoms with van der Waals surface area (Å²) in [4.78, 5) is 7.67. The van der Waals surface area contributed by atoms with E-state index in [-0.39, 0.29) is 10.4 Å². The summed E-state index contributed by atoms with van der Waals surface area (Å²) in [5.74, 6) is 0.739. The third-order valence-corrected chi connectivity index (χ3v) is 1.85. The normalized spacial score (nSPS) is 10.9. The van der Waals surface area contributed by atoms with Crippen LogP contribution in [-0.2, 0) is 0 Å². The van der Waals surface area contributed by atoms with Gasteiger partial charge in [-0.15, -0.1) is 0 Å². The Balaban J connectivity index is 2.88. The van der Waals surface area contributed by atoms with Gasteiger partial charge in [0, 0.05) is 6.07 Å². The molecule has 0 aliphatic heterocycles. The molecule has 12 heavy (non-hydrogen) atoms. The first-order valence-corrected chi connectivity index (χ1v) is 4.01. The van der Waals surface area contributed by atoms with Crippen molar-refractivity contribution in [2.24, 2.45) is 0 Å². The lowest BCUT2D eigenvalue weighted by Crippen LogP contribution is -1.82. The van der Waals surface area contributed by atoms with Crippen LogP contribution in [0.3, 0.4) is 0 Å². The molecule has 0 radical (unpaired) electrons. The van der Waals surface area contributed by atoms with Crippen molar-refractivity contribution in [3.8, 4) is 0 Å². The lowest BCUT2D eigenvalue weighted by molar-refractivity contribution is 0.577. The van der Waals surface area contributed by atoms with E-state index < -0.39 is 0 Å². The van der Waals surface area contributed by atoms with Gasteiger partial charge in [-0.2, -0.15) is 0 Å². The van der Waals surface area contributed by atoms with Crippen LogP contribution in [0.2, 0.25) is 10.4 Å². The molecule has 62 valence electrons. The van der Waals surface area contributed by atoms with Crippen molar-refractivity contribution in [3.05, 3.63) is 22.3 Å². The molecule has 0 unspecified atom stereocenters. The summed E-state index contributed by atoms with van der Waals surface area (Å²) in [6, 6.07) is 1.76. The minimum atomic E-state index is 0.133. The molecule has 5 heteroatoms. The van der Waals surface area contributed by atoms with E-state index in [1.54, 1.807) is 6.07 Å². The second-order valence-corrected chi connectivity index (χ2v) is 3.05. The van der Waals surface area contributed by atoms with E-state index >= 15 is 0 Å². The minimum Gasteiger partial charge on any atom is -0.456 e. The quantitative estimate of drug-likeness (QED) is 0.488. The summed E-state index contributed by atoms with van der Waals surface area (Å²) in [5.41, 5.74) is 1.12. The van der Waals surface area contributed by atoms with Gasteiger partial charge >= 0.3 is 0 Å². The molecule has 2 aromatic heterocycles. The number of furan rings is 1. The monoisotopic (exact) mass is 202 g/mol. The predicted octanol–water partition coefficient (Wildman–Crippen LogP) is 2.84. The topological polar surface area (TPSA) is 38.9 Å². The number of fused-ring (bicyclic) bond motifs is 1. The molecule has 0 saturated heterocycles. The zero-order valence-corrected chi connectivity index (χ0v) is 7.65. The van der Waals surface area contributed by atoms with Crippen LogP contribution < -0.4 is 0 Å². The van der Waals surface area contributed by atoms with Crippen molar-refractivity contribution in [1.82, 2.24) is 9.97 Å². The molecule has 0 bridgehead atoms. The lowest BCUT2D eigenvalue weighted by atomic mass is 10.4. The average molecular weight is 203 g/mol. The van der Waals surface area contributed by atoms with E-state index in [4.69, 9.17) is 27.6 Å². The van der Waals surface area contributed by atoms with Gasteiger partial charge in [0.2, 0.25) is 5.28 Å². The fraction of sp³-hybridized carbons (Fsp3) is 0.143. The predicted molar refractivity (Wildman–Crippen MR) is 46.6 cm³/mol. The van der Waals surface area contributed by atoms with Gasteiger partial charge in [0.15, 0.2) is 10.7 Å². The van der Waals surface area contributed by atoms with Crippen LogP contribution in [-0.4, -0.2) is 9.97 Å². The first-order chi connectivity index (χ1) is 5.66. The van der Waals surface area contributed by atoms with Crippen LogP contribution in [0.4, 0.5) is 0 Å².